The van der Waals surface area contributed by atoms with Crippen LogP contribution in [0, 0.1) is 5.82 Å². The van der Waals surface area contributed by atoms with Gasteiger partial charge in [0.25, 0.3) is 5.91 Å². The van der Waals surface area contributed by atoms with Crippen molar-refractivity contribution in [3.63, 3.8) is 0 Å². The Morgan fingerprint density at radius 2 is 1.96 bits per heavy atom. The first-order valence-electron chi connectivity index (χ1n) is 8.70. The largest absolute Gasteiger partial charge is 0.366 e. The average molecular weight is 340 g/mol. The smallest absolute Gasteiger partial charge is 0.253 e. The highest BCUT2D eigenvalue weighted by molar-refractivity contribution is 5.82. The molecule has 1 amide bonds. The summed E-state index contributed by atoms with van der Waals surface area (Å²) in [5.74, 6) is -0.276. The zero-order chi connectivity index (χ0) is 17.2. The van der Waals surface area contributed by atoms with Crippen LogP contribution in [0.1, 0.15) is 22.7 Å². The van der Waals surface area contributed by atoms with E-state index in [0.717, 1.165) is 24.1 Å². The molecule has 0 bridgehead atoms. The molecule has 1 saturated heterocycles. The zero-order valence-corrected chi connectivity index (χ0v) is 14.0. The molecule has 5 heteroatoms. The number of nitrogens with one attached hydrogen (secondary N) is 1. The summed E-state index contributed by atoms with van der Waals surface area (Å²) in [5, 5.41) is 3.21. The monoisotopic (exact) mass is 340 g/mol. The summed E-state index contributed by atoms with van der Waals surface area (Å²) in [6, 6.07) is 14.4. The van der Waals surface area contributed by atoms with Gasteiger partial charge >= 0.3 is 0 Å². The number of amides is 1. The molecule has 1 fully saturated rings. The number of fused-ring (bicyclic) bond motifs is 1. The Morgan fingerprint density at radius 3 is 2.72 bits per heavy atom. The van der Waals surface area contributed by atoms with Gasteiger partial charge in [-0.15, -0.1) is 0 Å². The van der Waals surface area contributed by atoms with Crippen molar-refractivity contribution in [2.75, 3.05) is 26.2 Å². The van der Waals surface area contributed by atoms with Crippen molar-refractivity contribution in [3.8, 4) is 0 Å². The van der Waals surface area contributed by atoms with Crippen LogP contribution in [0.25, 0.3) is 0 Å². The molecule has 1 N–H and O–H groups in total. The van der Waals surface area contributed by atoms with Crippen molar-refractivity contribution in [2.24, 2.45) is 0 Å². The highest BCUT2D eigenvalue weighted by Gasteiger charge is 2.36. The first-order valence-corrected chi connectivity index (χ1v) is 8.70. The zero-order valence-electron chi connectivity index (χ0n) is 14.0. The van der Waals surface area contributed by atoms with Crippen LogP contribution in [0.5, 0.6) is 0 Å². The summed E-state index contributed by atoms with van der Waals surface area (Å²) >= 11 is 0. The summed E-state index contributed by atoms with van der Waals surface area (Å²) < 4.78 is 19.1. The maximum atomic E-state index is 13.4. The van der Waals surface area contributed by atoms with Gasteiger partial charge in [0.1, 0.15) is 11.9 Å². The van der Waals surface area contributed by atoms with E-state index in [0.29, 0.717) is 19.7 Å². The summed E-state index contributed by atoms with van der Waals surface area (Å²) in [4.78, 5) is 15.0. The number of morpholine rings is 1. The lowest BCUT2D eigenvalue weighted by Gasteiger charge is -2.40. The molecule has 130 valence electrons. The minimum Gasteiger partial charge on any atom is -0.366 e. The standard InChI is InChI=1S/C20H21FN2O2/c21-16-7-5-15(6-8-16)19-17-4-2-1-3-14(17)9-11-23(19)20(24)18-13-22-10-12-25-18/h1-8,18-19,22H,9-13H2/t18?,19-/m0/s1. The number of ether oxygens (including phenoxy) is 1. The molecule has 0 aromatic heterocycles. The van der Waals surface area contributed by atoms with Gasteiger partial charge in [-0.2, -0.15) is 0 Å². The van der Waals surface area contributed by atoms with E-state index in [2.05, 4.69) is 17.4 Å². The summed E-state index contributed by atoms with van der Waals surface area (Å²) in [5.41, 5.74) is 3.27. The van der Waals surface area contributed by atoms with Crippen molar-refractivity contribution in [1.29, 1.82) is 0 Å². The van der Waals surface area contributed by atoms with Gasteiger partial charge in [-0.1, -0.05) is 36.4 Å². The van der Waals surface area contributed by atoms with Gasteiger partial charge in [0, 0.05) is 19.6 Å². The Kier molecular flexibility index (Phi) is 4.51. The minimum atomic E-state index is -0.457. The van der Waals surface area contributed by atoms with E-state index < -0.39 is 6.10 Å². The molecule has 1 unspecified atom stereocenters. The van der Waals surface area contributed by atoms with Gasteiger partial charge in [-0.25, -0.2) is 4.39 Å². The third-order valence-electron chi connectivity index (χ3n) is 4.96. The predicted octanol–water partition coefficient (Wildman–Crippen LogP) is 2.29. The second kappa shape index (κ2) is 6.94. The molecule has 2 aromatic carbocycles. The van der Waals surface area contributed by atoms with Crippen LogP contribution in [0.15, 0.2) is 48.5 Å². The van der Waals surface area contributed by atoms with Crippen LogP contribution in [-0.2, 0) is 16.0 Å². The molecule has 0 spiro atoms. The van der Waals surface area contributed by atoms with E-state index in [1.54, 1.807) is 12.1 Å². The maximum Gasteiger partial charge on any atom is 0.253 e. The first kappa shape index (κ1) is 16.2. The molecule has 2 atom stereocenters. The van der Waals surface area contributed by atoms with Gasteiger partial charge in [0.15, 0.2) is 0 Å². The predicted molar refractivity (Wildman–Crippen MR) is 92.7 cm³/mol. The van der Waals surface area contributed by atoms with Crippen LogP contribution in [0.4, 0.5) is 4.39 Å². The van der Waals surface area contributed by atoms with Gasteiger partial charge < -0.3 is 15.0 Å². The highest BCUT2D eigenvalue weighted by Crippen LogP contribution is 2.35. The Morgan fingerprint density at radius 1 is 1.16 bits per heavy atom. The molecule has 25 heavy (non-hydrogen) atoms. The van der Waals surface area contributed by atoms with Gasteiger partial charge in [0.2, 0.25) is 0 Å². The molecule has 2 aliphatic heterocycles. The molecular weight excluding hydrogens is 319 g/mol. The number of carbonyl (C=O) groups excluding carboxylic acids is 1. The van der Waals surface area contributed by atoms with E-state index >= 15 is 0 Å². The van der Waals surface area contributed by atoms with E-state index in [9.17, 15) is 9.18 Å². The quantitative estimate of drug-likeness (QED) is 0.912. The number of hydrogen-bond acceptors (Lipinski definition) is 3. The number of rotatable bonds is 2. The van der Waals surface area contributed by atoms with Crippen LogP contribution in [0.3, 0.4) is 0 Å². The fourth-order valence-electron chi connectivity index (χ4n) is 3.72. The van der Waals surface area contributed by atoms with Crippen molar-refractivity contribution in [1.82, 2.24) is 10.2 Å². The van der Waals surface area contributed by atoms with Crippen molar-refractivity contribution >= 4 is 5.91 Å². The van der Waals surface area contributed by atoms with E-state index in [1.165, 1.54) is 17.7 Å². The van der Waals surface area contributed by atoms with Gasteiger partial charge in [-0.3, -0.25) is 4.79 Å². The Hall–Kier alpha value is -2.24. The van der Waals surface area contributed by atoms with Crippen LogP contribution in [-0.4, -0.2) is 43.2 Å². The number of hydrogen-bond donors (Lipinski definition) is 1. The lowest BCUT2D eigenvalue weighted by atomic mass is 9.88. The molecular formula is C20H21FN2O2. The first-order chi connectivity index (χ1) is 12.2. The lowest BCUT2D eigenvalue weighted by molar-refractivity contribution is -0.147. The SMILES string of the molecule is O=C(C1CNCCO1)N1CCc2ccccc2[C@@H]1c1ccc(F)cc1. The molecule has 4 rings (SSSR count). The third-order valence-corrected chi connectivity index (χ3v) is 4.96. The van der Waals surface area contributed by atoms with Crippen LogP contribution >= 0.6 is 0 Å². The average Bonchev–Trinajstić information content (AvgIpc) is 2.68. The summed E-state index contributed by atoms with van der Waals surface area (Å²) in [6.45, 7) is 2.49. The number of halogens is 1. The van der Waals surface area contributed by atoms with Crippen LogP contribution < -0.4 is 5.32 Å². The Bertz CT molecular complexity index is 757. The molecule has 2 heterocycles. The summed E-state index contributed by atoms with van der Waals surface area (Å²) in [6.07, 6.45) is 0.363. The number of nitrogens with zero attached hydrogens (tertiary/aromatic N) is 1. The number of carbonyl (C=O) groups is 1. The van der Waals surface area contributed by atoms with Gasteiger partial charge in [-0.05, 0) is 35.2 Å². The molecule has 0 saturated carbocycles. The Labute approximate surface area is 146 Å². The second-order valence-electron chi connectivity index (χ2n) is 6.50. The highest BCUT2D eigenvalue weighted by atomic mass is 19.1. The molecule has 0 aliphatic carbocycles. The topological polar surface area (TPSA) is 41.6 Å². The Balaban J connectivity index is 1.72. The maximum absolute atomic E-state index is 13.4. The molecule has 0 radical (unpaired) electrons. The van der Waals surface area contributed by atoms with Crippen LogP contribution in [0.2, 0.25) is 0 Å². The molecule has 2 aliphatic rings. The van der Waals surface area contributed by atoms with Crippen molar-refractivity contribution < 1.29 is 13.9 Å². The normalized spacial score (nSPS) is 23.2. The van der Waals surface area contributed by atoms with E-state index in [1.807, 2.05) is 17.0 Å². The van der Waals surface area contributed by atoms with Gasteiger partial charge in [0.05, 0.1) is 12.6 Å². The minimum absolute atomic E-state index is 0.00368. The molecule has 2 aromatic rings. The number of benzene rings is 2. The second-order valence-corrected chi connectivity index (χ2v) is 6.50. The molecule has 4 nitrogen and oxygen atoms in total. The van der Waals surface area contributed by atoms with Crippen molar-refractivity contribution in [3.05, 3.63) is 71.0 Å². The summed E-state index contributed by atoms with van der Waals surface area (Å²) in [7, 11) is 0. The lowest BCUT2D eigenvalue weighted by Crippen LogP contribution is -2.52. The fourth-order valence-corrected chi connectivity index (χ4v) is 3.72. The van der Waals surface area contributed by atoms with E-state index in [-0.39, 0.29) is 17.8 Å². The van der Waals surface area contributed by atoms with E-state index in [4.69, 9.17) is 4.74 Å². The fraction of sp³-hybridized carbons (Fsp3) is 0.350. The van der Waals surface area contributed by atoms with Crippen molar-refractivity contribution in [2.45, 2.75) is 18.6 Å². The third kappa shape index (κ3) is 3.17.